The van der Waals surface area contributed by atoms with Crippen LogP contribution >= 0.6 is 0 Å². The maximum atomic E-state index is 13.3. The second-order valence-electron chi connectivity index (χ2n) is 7.89. The summed E-state index contributed by atoms with van der Waals surface area (Å²) in [5, 5.41) is 0. The summed E-state index contributed by atoms with van der Waals surface area (Å²) in [6, 6.07) is 14.0. The van der Waals surface area contributed by atoms with E-state index in [1.807, 2.05) is 42.2 Å². The molecule has 0 saturated carbocycles. The molecular weight excluding hydrogens is 366 g/mol. The molecule has 6 heteroatoms. The lowest BCUT2D eigenvalue weighted by molar-refractivity contribution is -0.136. The van der Waals surface area contributed by atoms with E-state index in [0.29, 0.717) is 25.4 Å². The molecule has 0 aromatic heterocycles. The molecule has 4 rings (SSSR count). The van der Waals surface area contributed by atoms with Crippen LogP contribution in [0.5, 0.6) is 5.75 Å². The second kappa shape index (κ2) is 7.78. The lowest BCUT2D eigenvalue weighted by Gasteiger charge is -2.25. The maximum Gasteiger partial charge on any atom is 0.228 e. The van der Waals surface area contributed by atoms with Crippen LogP contribution in [0.15, 0.2) is 42.5 Å². The number of carbonyl (C=O) groups excluding carboxylic acids is 2. The van der Waals surface area contributed by atoms with Gasteiger partial charge in [-0.3, -0.25) is 9.59 Å². The summed E-state index contributed by atoms with van der Waals surface area (Å²) in [4.78, 5) is 31.9. The van der Waals surface area contributed by atoms with Crippen LogP contribution in [0.1, 0.15) is 17.5 Å². The fraction of sp³-hybridized carbons (Fsp3) is 0.391. The Morgan fingerprint density at radius 1 is 1.10 bits per heavy atom. The topological polar surface area (TPSA) is 53.1 Å². The average molecular weight is 393 g/mol. The Kier molecular flexibility index (Phi) is 5.18. The smallest absolute Gasteiger partial charge is 0.228 e. The van der Waals surface area contributed by atoms with Crippen molar-refractivity contribution >= 4 is 23.2 Å². The highest BCUT2D eigenvalue weighted by Crippen LogP contribution is 2.35. The molecule has 2 aliphatic heterocycles. The number of hydrogen-bond donors (Lipinski definition) is 0. The molecule has 1 unspecified atom stereocenters. The number of fused-ring (bicyclic) bond motifs is 1. The fourth-order valence-electron chi connectivity index (χ4n) is 4.26. The average Bonchev–Trinajstić information content (AvgIpc) is 3.03. The number of aryl methyl sites for hydroxylation is 1. The van der Waals surface area contributed by atoms with Gasteiger partial charge < -0.3 is 19.4 Å². The van der Waals surface area contributed by atoms with Gasteiger partial charge in [0.15, 0.2) is 0 Å². The zero-order chi connectivity index (χ0) is 20.5. The summed E-state index contributed by atoms with van der Waals surface area (Å²) in [5.74, 6) is 0.350. The molecule has 1 atom stereocenters. The molecule has 0 spiro atoms. The number of amides is 2. The van der Waals surface area contributed by atoms with Gasteiger partial charge in [-0.25, -0.2) is 0 Å². The molecule has 0 N–H and O–H groups in total. The minimum Gasteiger partial charge on any atom is -0.495 e. The van der Waals surface area contributed by atoms with Crippen LogP contribution in [0.2, 0.25) is 0 Å². The Bertz CT molecular complexity index is 943. The molecule has 6 nitrogen and oxygen atoms in total. The molecule has 0 aliphatic carbocycles. The van der Waals surface area contributed by atoms with Gasteiger partial charge in [0.2, 0.25) is 11.8 Å². The van der Waals surface area contributed by atoms with Crippen LogP contribution in [0.3, 0.4) is 0 Å². The van der Waals surface area contributed by atoms with E-state index in [2.05, 4.69) is 24.1 Å². The number of carbonyl (C=O) groups is 2. The number of nitrogens with zero attached hydrogens (tertiary/aromatic N) is 3. The molecule has 29 heavy (non-hydrogen) atoms. The fourth-order valence-corrected chi connectivity index (χ4v) is 4.26. The van der Waals surface area contributed by atoms with Gasteiger partial charge in [-0.2, -0.15) is 0 Å². The predicted octanol–water partition coefficient (Wildman–Crippen LogP) is 2.84. The molecule has 2 amide bonds. The first kappa shape index (κ1) is 19.3. The molecule has 1 saturated heterocycles. The summed E-state index contributed by atoms with van der Waals surface area (Å²) >= 11 is 0. The standard InChI is InChI=1S/C23H27N3O3/c1-16-8-9-21(29-3)20(12-16)26-15-18(13-22(26)27)23(28)25-11-10-24(2)19-7-5-4-6-17(19)14-25/h4-9,12,18H,10-11,13-15H2,1-3H3. The molecule has 0 bridgehead atoms. The van der Waals surface area contributed by atoms with Gasteiger partial charge >= 0.3 is 0 Å². The lowest BCUT2D eigenvalue weighted by atomic mass is 10.1. The van der Waals surface area contributed by atoms with Crippen molar-refractivity contribution in [3.8, 4) is 5.75 Å². The van der Waals surface area contributed by atoms with Crippen molar-refractivity contribution in [3.63, 3.8) is 0 Å². The Labute approximate surface area is 171 Å². The van der Waals surface area contributed by atoms with Crippen molar-refractivity contribution in [2.24, 2.45) is 5.92 Å². The molecule has 2 heterocycles. The van der Waals surface area contributed by atoms with Crippen LogP contribution in [-0.4, -0.2) is 50.5 Å². The zero-order valence-corrected chi connectivity index (χ0v) is 17.2. The largest absolute Gasteiger partial charge is 0.495 e. The zero-order valence-electron chi connectivity index (χ0n) is 17.2. The van der Waals surface area contributed by atoms with Gasteiger partial charge in [0, 0.05) is 45.3 Å². The first-order chi connectivity index (χ1) is 14.0. The Balaban J connectivity index is 1.54. The van der Waals surface area contributed by atoms with E-state index in [1.165, 1.54) is 0 Å². The van der Waals surface area contributed by atoms with Crippen LogP contribution < -0.4 is 14.5 Å². The van der Waals surface area contributed by atoms with Crippen molar-refractivity contribution in [1.29, 1.82) is 0 Å². The number of ether oxygens (including phenoxy) is 1. The Morgan fingerprint density at radius 2 is 1.90 bits per heavy atom. The normalized spacial score (nSPS) is 19.2. The third kappa shape index (κ3) is 3.67. The highest BCUT2D eigenvalue weighted by atomic mass is 16.5. The minimum atomic E-state index is -0.330. The van der Waals surface area contributed by atoms with Crippen LogP contribution in [0, 0.1) is 12.8 Å². The first-order valence-corrected chi connectivity index (χ1v) is 10.0. The number of hydrogen-bond acceptors (Lipinski definition) is 4. The number of anilines is 2. The number of para-hydroxylation sites is 1. The monoisotopic (exact) mass is 393 g/mol. The number of likely N-dealkylation sites (N-methyl/N-ethyl adjacent to an activating group) is 1. The van der Waals surface area contributed by atoms with Crippen LogP contribution in [0.25, 0.3) is 0 Å². The quantitative estimate of drug-likeness (QED) is 0.805. The third-order valence-corrected chi connectivity index (χ3v) is 5.88. The maximum absolute atomic E-state index is 13.3. The number of rotatable bonds is 3. The molecular formula is C23H27N3O3. The van der Waals surface area contributed by atoms with Crippen molar-refractivity contribution in [2.75, 3.05) is 43.6 Å². The first-order valence-electron chi connectivity index (χ1n) is 10.0. The summed E-state index contributed by atoms with van der Waals surface area (Å²) in [7, 11) is 3.65. The molecule has 0 radical (unpaired) electrons. The van der Waals surface area contributed by atoms with E-state index >= 15 is 0 Å². The van der Waals surface area contributed by atoms with Crippen molar-refractivity contribution < 1.29 is 14.3 Å². The summed E-state index contributed by atoms with van der Waals surface area (Å²) in [6.45, 7) is 4.39. The third-order valence-electron chi connectivity index (χ3n) is 5.88. The highest BCUT2D eigenvalue weighted by molar-refractivity contribution is 6.01. The predicted molar refractivity (Wildman–Crippen MR) is 113 cm³/mol. The van der Waals surface area contributed by atoms with Crippen molar-refractivity contribution in [1.82, 2.24) is 4.90 Å². The van der Waals surface area contributed by atoms with Gasteiger partial charge in [0.25, 0.3) is 0 Å². The van der Waals surface area contributed by atoms with Gasteiger partial charge in [-0.05, 0) is 36.2 Å². The van der Waals surface area contributed by atoms with Crippen molar-refractivity contribution in [2.45, 2.75) is 19.9 Å². The van der Waals surface area contributed by atoms with Gasteiger partial charge in [0.1, 0.15) is 5.75 Å². The van der Waals surface area contributed by atoms with E-state index in [-0.39, 0.29) is 24.2 Å². The Morgan fingerprint density at radius 3 is 2.69 bits per heavy atom. The molecule has 2 aromatic carbocycles. The van der Waals surface area contributed by atoms with E-state index in [4.69, 9.17) is 4.74 Å². The molecule has 2 aromatic rings. The van der Waals surface area contributed by atoms with E-state index in [0.717, 1.165) is 29.0 Å². The van der Waals surface area contributed by atoms with Crippen LogP contribution in [0.4, 0.5) is 11.4 Å². The second-order valence-corrected chi connectivity index (χ2v) is 7.89. The van der Waals surface area contributed by atoms with Gasteiger partial charge in [0.05, 0.1) is 18.7 Å². The molecule has 2 aliphatic rings. The molecule has 152 valence electrons. The number of benzene rings is 2. The lowest BCUT2D eigenvalue weighted by Crippen LogP contribution is -2.39. The van der Waals surface area contributed by atoms with Crippen molar-refractivity contribution in [3.05, 3.63) is 53.6 Å². The minimum absolute atomic E-state index is 0.0282. The summed E-state index contributed by atoms with van der Waals surface area (Å²) in [6.07, 6.45) is 0.240. The van der Waals surface area contributed by atoms with E-state index in [9.17, 15) is 9.59 Å². The number of methoxy groups -OCH3 is 1. The van der Waals surface area contributed by atoms with Crippen LogP contribution in [-0.2, 0) is 16.1 Å². The Hall–Kier alpha value is -3.02. The highest BCUT2D eigenvalue weighted by Gasteiger charge is 2.38. The van der Waals surface area contributed by atoms with Gasteiger partial charge in [-0.15, -0.1) is 0 Å². The summed E-state index contributed by atoms with van der Waals surface area (Å²) < 4.78 is 5.45. The van der Waals surface area contributed by atoms with E-state index in [1.54, 1.807) is 12.0 Å². The molecule has 1 fully saturated rings. The summed E-state index contributed by atoms with van der Waals surface area (Å²) in [5.41, 5.74) is 4.10. The van der Waals surface area contributed by atoms with Gasteiger partial charge in [-0.1, -0.05) is 24.3 Å². The SMILES string of the molecule is COc1ccc(C)cc1N1CC(C(=O)N2CCN(C)c3ccccc3C2)CC1=O. The van der Waals surface area contributed by atoms with E-state index < -0.39 is 0 Å².